The molecule has 0 saturated carbocycles. The van der Waals surface area contributed by atoms with E-state index in [0.29, 0.717) is 5.69 Å². The van der Waals surface area contributed by atoms with Crippen molar-refractivity contribution in [2.24, 2.45) is 0 Å². The van der Waals surface area contributed by atoms with Crippen LogP contribution in [0.5, 0.6) is 0 Å². The summed E-state index contributed by atoms with van der Waals surface area (Å²) in [5.74, 6) is -1.42. The molecule has 0 saturated heterocycles. The lowest BCUT2D eigenvalue weighted by molar-refractivity contribution is -0.385. The van der Waals surface area contributed by atoms with E-state index in [0.717, 1.165) is 0 Å². The molecule has 0 aliphatic rings. The van der Waals surface area contributed by atoms with Crippen LogP contribution >= 0.6 is 0 Å². The molecule has 0 atom stereocenters. The topological polar surface area (TPSA) is 114 Å². The molecule has 2 aromatic carbocycles. The SMILES string of the molecule is Cc1c(C(=O)OCC(=O)N(CC#N)c2ccccc2)cccc1[N+](=O)[O-]. The summed E-state index contributed by atoms with van der Waals surface area (Å²) in [4.78, 5) is 36.0. The van der Waals surface area contributed by atoms with Crippen molar-refractivity contribution in [1.82, 2.24) is 0 Å². The van der Waals surface area contributed by atoms with Crippen LogP contribution in [0.4, 0.5) is 11.4 Å². The summed E-state index contributed by atoms with van der Waals surface area (Å²) in [6, 6.07) is 14.4. The minimum absolute atomic E-state index is 0.0125. The van der Waals surface area contributed by atoms with E-state index < -0.39 is 23.4 Å². The van der Waals surface area contributed by atoms with Gasteiger partial charge in [-0.25, -0.2) is 4.79 Å². The number of anilines is 1. The molecule has 8 nitrogen and oxygen atoms in total. The summed E-state index contributed by atoms with van der Waals surface area (Å²) in [5.41, 5.74) is 0.466. The summed E-state index contributed by atoms with van der Waals surface area (Å²) in [7, 11) is 0. The molecular weight excluding hydrogens is 338 g/mol. The van der Waals surface area contributed by atoms with Gasteiger partial charge in [0.1, 0.15) is 6.54 Å². The number of para-hydroxylation sites is 1. The number of benzene rings is 2. The Kier molecular flexibility index (Phi) is 6.01. The van der Waals surface area contributed by atoms with Gasteiger partial charge in [-0.05, 0) is 25.1 Å². The molecule has 2 rings (SSSR count). The van der Waals surface area contributed by atoms with Gasteiger partial charge in [-0.2, -0.15) is 5.26 Å². The fourth-order valence-electron chi connectivity index (χ4n) is 2.33. The number of esters is 1. The molecule has 1 amide bonds. The third-order valence-electron chi connectivity index (χ3n) is 3.65. The zero-order valence-electron chi connectivity index (χ0n) is 13.9. The van der Waals surface area contributed by atoms with Crippen molar-refractivity contribution in [3.05, 3.63) is 69.8 Å². The van der Waals surface area contributed by atoms with Crippen molar-refractivity contribution in [3.8, 4) is 6.07 Å². The number of hydrogen-bond donors (Lipinski definition) is 0. The molecule has 0 radical (unpaired) electrons. The highest BCUT2D eigenvalue weighted by Crippen LogP contribution is 2.22. The highest BCUT2D eigenvalue weighted by molar-refractivity contribution is 5.98. The molecule has 0 heterocycles. The summed E-state index contributed by atoms with van der Waals surface area (Å²) in [6.07, 6.45) is 0. The standard InChI is InChI=1S/C18H15N3O5/c1-13-15(8-5-9-16(13)21(24)25)18(23)26-12-17(22)20(11-10-19)14-6-3-2-4-7-14/h2-9H,11-12H2,1H3. The second-order valence-corrected chi connectivity index (χ2v) is 5.26. The van der Waals surface area contributed by atoms with Crippen molar-refractivity contribution < 1.29 is 19.2 Å². The Bertz CT molecular complexity index is 874. The zero-order valence-corrected chi connectivity index (χ0v) is 13.9. The van der Waals surface area contributed by atoms with Crippen LogP contribution in [0.15, 0.2) is 48.5 Å². The zero-order chi connectivity index (χ0) is 19.1. The average Bonchev–Trinajstić information content (AvgIpc) is 2.64. The summed E-state index contributed by atoms with van der Waals surface area (Å²) in [5, 5.41) is 19.8. The number of nitriles is 1. The maximum absolute atomic E-state index is 12.3. The van der Waals surface area contributed by atoms with Crippen LogP contribution in [0.1, 0.15) is 15.9 Å². The maximum atomic E-state index is 12.3. The number of nitro groups is 1. The number of hydrogen-bond acceptors (Lipinski definition) is 6. The minimum Gasteiger partial charge on any atom is -0.452 e. The smallest absolute Gasteiger partial charge is 0.339 e. The van der Waals surface area contributed by atoms with Crippen LogP contribution < -0.4 is 4.90 Å². The molecule has 0 N–H and O–H groups in total. The van der Waals surface area contributed by atoms with E-state index in [1.54, 1.807) is 30.3 Å². The minimum atomic E-state index is -0.843. The Morgan fingerprint density at radius 2 is 1.88 bits per heavy atom. The molecule has 0 bridgehead atoms. The average molecular weight is 353 g/mol. The molecule has 0 aliphatic carbocycles. The van der Waals surface area contributed by atoms with Crippen molar-refractivity contribution >= 4 is 23.3 Å². The fraction of sp³-hybridized carbons (Fsp3) is 0.167. The second-order valence-electron chi connectivity index (χ2n) is 5.26. The van der Waals surface area contributed by atoms with Crippen LogP contribution in [-0.4, -0.2) is 30.0 Å². The first-order valence-electron chi connectivity index (χ1n) is 7.59. The normalized spacial score (nSPS) is 9.85. The Morgan fingerprint density at radius 1 is 1.19 bits per heavy atom. The summed E-state index contributed by atoms with van der Waals surface area (Å²) in [6.45, 7) is 0.649. The highest BCUT2D eigenvalue weighted by atomic mass is 16.6. The van der Waals surface area contributed by atoms with Gasteiger partial charge >= 0.3 is 5.97 Å². The predicted octanol–water partition coefficient (Wildman–Crippen LogP) is 2.62. The first-order chi connectivity index (χ1) is 12.5. The van der Waals surface area contributed by atoms with E-state index in [1.165, 1.54) is 30.0 Å². The molecule has 2 aromatic rings. The quantitative estimate of drug-likeness (QED) is 0.341. The third-order valence-corrected chi connectivity index (χ3v) is 3.65. The van der Waals surface area contributed by atoms with Gasteiger partial charge in [0.05, 0.1) is 16.6 Å². The Morgan fingerprint density at radius 3 is 2.50 bits per heavy atom. The van der Waals surface area contributed by atoms with Gasteiger partial charge < -0.3 is 4.74 Å². The molecule has 0 aliphatic heterocycles. The van der Waals surface area contributed by atoms with Crippen LogP contribution in [-0.2, 0) is 9.53 Å². The van der Waals surface area contributed by atoms with Crippen LogP contribution in [0.2, 0.25) is 0 Å². The molecule has 0 aromatic heterocycles. The van der Waals surface area contributed by atoms with E-state index in [1.807, 2.05) is 6.07 Å². The number of carbonyl (C=O) groups excluding carboxylic acids is 2. The van der Waals surface area contributed by atoms with Crippen molar-refractivity contribution in [3.63, 3.8) is 0 Å². The molecular formula is C18H15N3O5. The largest absolute Gasteiger partial charge is 0.452 e. The lowest BCUT2D eigenvalue weighted by Crippen LogP contribution is -2.35. The Hall–Kier alpha value is -3.73. The number of ether oxygens (including phenoxy) is 1. The van der Waals surface area contributed by atoms with E-state index in [2.05, 4.69) is 0 Å². The monoisotopic (exact) mass is 353 g/mol. The lowest BCUT2D eigenvalue weighted by Gasteiger charge is -2.19. The molecule has 132 valence electrons. The number of nitrogens with zero attached hydrogens (tertiary/aromatic N) is 3. The van der Waals surface area contributed by atoms with Gasteiger partial charge in [0.25, 0.3) is 11.6 Å². The highest BCUT2D eigenvalue weighted by Gasteiger charge is 2.21. The van der Waals surface area contributed by atoms with E-state index >= 15 is 0 Å². The van der Waals surface area contributed by atoms with Gasteiger partial charge in [-0.1, -0.05) is 24.3 Å². The van der Waals surface area contributed by atoms with Crippen molar-refractivity contribution in [2.75, 3.05) is 18.1 Å². The number of amides is 1. The predicted molar refractivity (Wildman–Crippen MR) is 92.5 cm³/mol. The number of rotatable bonds is 6. The van der Waals surface area contributed by atoms with Gasteiger partial charge in [0.15, 0.2) is 6.61 Å². The van der Waals surface area contributed by atoms with E-state index in [-0.39, 0.29) is 23.4 Å². The first-order valence-corrected chi connectivity index (χ1v) is 7.59. The Labute approximate surface area is 149 Å². The molecule has 0 unspecified atom stereocenters. The number of carbonyl (C=O) groups is 2. The summed E-state index contributed by atoms with van der Waals surface area (Å²) < 4.78 is 4.99. The van der Waals surface area contributed by atoms with Gasteiger partial charge in [0, 0.05) is 17.3 Å². The second kappa shape index (κ2) is 8.39. The van der Waals surface area contributed by atoms with Gasteiger partial charge in [-0.3, -0.25) is 19.8 Å². The number of nitro benzene ring substituents is 1. The van der Waals surface area contributed by atoms with E-state index in [9.17, 15) is 19.7 Å². The first kappa shape index (κ1) is 18.6. The van der Waals surface area contributed by atoms with Crippen molar-refractivity contribution in [2.45, 2.75) is 6.92 Å². The molecule has 0 fully saturated rings. The van der Waals surface area contributed by atoms with E-state index in [4.69, 9.17) is 10.00 Å². The Balaban J connectivity index is 2.11. The molecule has 26 heavy (non-hydrogen) atoms. The van der Waals surface area contributed by atoms with Gasteiger partial charge in [0.2, 0.25) is 0 Å². The molecule has 0 spiro atoms. The lowest BCUT2D eigenvalue weighted by atomic mass is 10.1. The molecule has 8 heteroatoms. The fourth-order valence-corrected chi connectivity index (χ4v) is 2.33. The van der Waals surface area contributed by atoms with Crippen molar-refractivity contribution in [1.29, 1.82) is 5.26 Å². The van der Waals surface area contributed by atoms with Crippen LogP contribution in [0.25, 0.3) is 0 Å². The maximum Gasteiger partial charge on any atom is 0.339 e. The third kappa shape index (κ3) is 4.21. The van der Waals surface area contributed by atoms with Gasteiger partial charge in [-0.15, -0.1) is 0 Å². The van der Waals surface area contributed by atoms with Crippen LogP contribution in [0.3, 0.4) is 0 Å². The summed E-state index contributed by atoms with van der Waals surface area (Å²) >= 11 is 0. The van der Waals surface area contributed by atoms with Crippen LogP contribution in [0, 0.1) is 28.4 Å².